The number of aryl methyl sites for hydroxylation is 1. The van der Waals surface area contributed by atoms with Gasteiger partial charge in [-0.25, -0.2) is 13.6 Å². The summed E-state index contributed by atoms with van der Waals surface area (Å²) >= 11 is 0. The first-order chi connectivity index (χ1) is 18.2. The van der Waals surface area contributed by atoms with Crippen LogP contribution in [0.25, 0.3) is 5.57 Å². The van der Waals surface area contributed by atoms with Crippen molar-refractivity contribution in [3.8, 4) is 11.5 Å². The highest BCUT2D eigenvalue weighted by Gasteiger charge is 2.37. The summed E-state index contributed by atoms with van der Waals surface area (Å²) in [5, 5.41) is 7.96. The van der Waals surface area contributed by atoms with E-state index in [9.17, 15) is 4.79 Å². The monoisotopic (exact) mass is 527 g/mol. The number of carbonyl (C=O) groups excluding carboxylic acids is 1. The van der Waals surface area contributed by atoms with E-state index in [-0.39, 0.29) is 30.5 Å². The maximum Gasteiger partial charge on any atom is 0.329 e. The number of halogens is 2. The largest absolute Gasteiger partial charge is 0.493 e. The second kappa shape index (κ2) is 10.8. The first-order valence-corrected chi connectivity index (χ1v) is 11.6. The van der Waals surface area contributed by atoms with E-state index in [0.717, 1.165) is 11.0 Å². The van der Waals surface area contributed by atoms with Crippen molar-refractivity contribution in [1.29, 1.82) is 0 Å². The number of pyridine rings is 1. The number of nitrogens with two attached hydrogens (primary N) is 1. The van der Waals surface area contributed by atoms with E-state index >= 15 is 8.78 Å². The second-order valence-electron chi connectivity index (χ2n) is 8.34. The molecule has 0 atom stereocenters. The van der Waals surface area contributed by atoms with Crippen molar-refractivity contribution in [3.05, 3.63) is 58.7 Å². The first kappa shape index (κ1) is 26.5. The van der Waals surface area contributed by atoms with E-state index in [4.69, 9.17) is 19.6 Å². The number of amides is 2. The van der Waals surface area contributed by atoms with Gasteiger partial charge in [-0.1, -0.05) is 6.92 Å². The number of anilines is 2. The average molecular weight is 528 g/mol. The number of allylic oxidation sites excluding steroid dienone is 2. The van der Waals surface area contributed by atoms with Crippen molar-refractivity contribution in [1.82, 2.24) is 15.2 Å². The van der Waals surface area contributed by atoms with Crippen LogP contribution in [0.4, 0.5) is 25.0 Å². The summed E-state index contributed by atoms with van der Waals surface area (Å²) in [6, 6.07) is 2.00. The predicted octanol–water partition coefficient (Wildman–Crippen LogP) is 3.86. The van der Waals surface area contributed by atoms with Gasteiger partial charge in [-0.3, -0.25) is 19.8 Å². The molecule has 0 saturated heterocycles. The lowest BCUT2D eigenvalue weighted by atomic mass is 10.1. The molecule has 1 aliphatic heterocycles. The Bertz CT molecular complexity index is 1410. The Morgan fingerprint density at radius 3 is 2.39 bits per heavy atom. The summed E-state index contributed by atoms with van der Waals surface area (Å²) in [4.78, 5) is 24.6. The Morgan fingerprint density at radius 2 is 1.84 bits per heavy atom. The Kier molecular flexibility index (Phi) is 7.55. The number of urea groups is 1. The molecule has 0 spiro atoms. The van der Waals surface area contributed by atoms with Gasteiger partial charge in [0.05, 0.1) is 32.1 Å². The van der Waals surface area contributed by atoms with Crippen molar-refractivity contribution >= 4 is 29.2 Å². The van der Waals surface area contributed by atoms with Gasteiger partial charge in [0.25, 0.3) is 0 Å². The standard InChI is InChI=1S/C25H27F2N7O4/c1-6-20-31-32-21(38-20)12-33-17-7-16(15(10-29-3)13(2)28)30-9-14(17)11-34(25(33)35)24-22(26)18(36-4)8-19(37-5)23(24)27/h7-10H,6,11-12,28H2,1-5H3. The molecule has 13 heteroatoms. The van der Waals surface area contributed by atoms with E-state index in [0.29, 0.717) is 40.5 Å². The fraction of sp³-hybridized carbons (Fsp3) is 0.320. The van der Waals surface area contributed by atoms with Crippen molar-refractivity contribution in [2.75, 3.05) is 31.1 Å². The van der Waals surface area contributed by atoms with Gasteiger partial charge in [0.1, 0.15) is 12.2 Å². The van der Waals surface area contributed by atoms with Crippen molar-refractivity contribution in [3.63, 3.8) is 0 Å². The molecule has 0 aliphatic carbocycles. The molecular weight excluding hydrogens is 500 g/mol. The van der Waals surface area contributed by atoms with Gasteiger partial charge in [0.2, 0.25) is 11.8 Å². The van der Waals surface area contributed by atoms with Crippen LogP contribution in [0.3, 0.4) is 0 Å². The minimum Gasteiger partial charge on any atom is -0.493 e. The summed E-state index contributed by atoms with van der Waals surface area (Å²) in [6.07, 6.45) is 3.57. The summed E-state index contributed by atoms with van der Waals surface area (Å²) in [5.41, 5.74) is 7.85. The maximum absolute atomic E-state index is 15.4. The number of hydrogen-bond acceptors (Lipinski definition) is 9. The number of fused-ring (bicyclic) bond motifs is 1. The van der Waals surface area contributed by atoms with Crippen LogP contribution in [0.1, 0.15) is 36.9 Å². The van der Waals surface area contributed by atoms with Crippen LogP contribution in [0.2, 0.25) is 0 Å². The summed E-state index contributed by atoms with van der Waals surface area (Å²) in [5.74, 6) is -2.15. The van der Waals surface area contributed by atoms with Gasteiger partial charge in [0.15, 0.2) is 23.1 Å². The quantitative estimate of drug-likeness (QED) is 0.437. The van der Waals surface area contributed by atoms with Gasteiger partial charge in [-0.15, -0.1) is 10.2 Å². The van der Waals surface area contributed by atoms with Gasteiger partial charge < -0.3 is 19.6 Å². The van der Waals surface area contributed by atoms with E-state index in [2.05, 4.69) is 20.2 Å². The number of methoxy groups -OCH3 is 2. The minimum absolute atomic E-state index is 0.145. The fourth-order valence-electron chi connectivity index (χ4n) is 4.05. The molecule has 200 valence electrons. The molecule has 3 aromatic rings. The molecule has 3 heterocycles. The van der Waals surface area contributed by atoms with Crippen LogP contribution in [0, 0.1) is 11.6 Å². The van der Waals surface area contributed by atoms with Crippen LogP contribution in [-0.2, 0) is 19.5 Å². The highest BCUT2D eigenvalue weighted by molar-refractivity contribution is 6.11. The predicted molar refractivity (Wildman–Crippen MR) is 136 cm³/mol. The van der Waals surface area contributed by atoms with E-state index < -0.39 is 23.4 Å². The normalized spacial score (nSPS) is 14.1. The number of rotatable bonds is 8. The molecule has 2 amide bonds. The fourth-order valence-corrected chi connectivity index (χ4v) is 4.05. The molecule has 11 nitrogen and oxygen atoms in total. The lowest BCUT2D eigenvalue weighted by Gasteiger charge is -2.37. The molecule has 0 radical (unpaired) electrons. The topological polar surface area (TPSA) is 132 Å². The Morgan fingerprint density at radius 1 is 1.18 bits per heavy atom. The molecular formula is C25H27F2N7O4. The number of aromatic nitrogens is 3. The third-order valence-electron chi connectivity index (χ3n) is 5.93. The Labute approximate surface area is 217 Å². The molecule has 4 rings (SSSR count). The molecule has 1 aliphatic rings. The van der Waals surface area contributed by atoms with Crippen LogP contribution < -0.4 is 25.0 Å². The van der Waals surface area contributed by atoms with Gasteiger partial charge >= 0.3 is 6.03 Å². The van der Waals surface area contributed by atoms with Crippen molar-refractivity contribution < 1.29 is 27.5 Å². The number of carbonyl (C=O) groups is 1. The number of ether oxygens (including phenoxy) is 2. The van der Waals surface area contributed by atoms with E-state index in [1.165, 1.54) is 25.3 Å². The average Bonchev–Trinajstić information content (AvgIpc) is 3.37. The zero-order valence-electron chi connectivity index (χ0n) is 21.6. The minimum atomic E-state index is -1.05. The summed E-state index contributed by atoms with van der Waals surface area (Å²) in [7, 11) is 4.06. The highest BCUT2D eigenvalue weighted by Crippen LogP contribution is 2.41. The molecule has 2 N–H and O–H groups in total. The number of hydrogen-bond donors (Lipinski definition) is 1. The van der Waals surface area contributed by atoms with E-state index in [1.807, 2.05) is 6.92 Å². The molecule has 0 saturated carbocycles. The van der Waals surface area contributed by atoms with Crippen molar-refractivity contribution in [2.45, 2.75) is 33.4 Å². The van der Waals surface area contributed by atoms with Crippen molar-refractivity contribution in [2.24, 2.45) is 10.7 Å². The maximum atomic E-state index is 15.4. The molecule has 1 aromatic carbocycles. The van der Waals surface area contributed by atoms with Crippen LogP contribution in [0.15, 0.2) is 33.4 Å². The zero-order valence-corrected chi connectivity index (χ0v) is 21.6. The molecule has 38 heavy (non-hydrogen) atoms. The Balaban J connectivity index is 1.89. The van der Waals surface area contributed by atoms with Gasteiger partial charge in [0, 0.05) is 48.8 Å². The van der Waals surface area contributed by atoms with Crippen LogP contribution in [-0.4, -0.2) is 48.7 Å². The first-order valence-electron chi connectivity index (χ1n) is 11.6. The van der Waals surface area contributed by atoms with Crippen LogP contribution >= 0.6 is 0 Å². The van der Waals surface area contributed by atoms with Gasteiger partial charge in [-0.2, -0.15) is 0 Å². The Hall–Kier alpha value is -4.55. The zero-order chi connectivity index (χ0) is 27.6. The SMILES string of the molecule is CCc1nnc(CN2C(=O)N(c3c(F)c(OC)cc(OC)c3F)Cc3cnc(C(C=NC)=C(C)N)cc32)o1. The number of nitrogens with zero attached hydrogens (tertiary/aromatic N) is 6. The molecule has 0 unspecified atom stereocenters. The molecule has 2 aromatic heterocycles. The lowest BCUT2D eigenvalue weighted by Crippen LogP contribution is -2.48. The summed E-state index contributed by atoms with van der Waals surface area (Å²) in [6.45, 7) is 3.20. The third-order valence-corrected chi connectivity index (χ3v) is 5.93. The smallest absolute Gasteiger partial charge is 0.329 e. The number of benzene rings is 1. The third kappa shape index (κ3) is 4.74. The van der Waals surface area contributed by atoms with Crippen LogP contribution in [0.5, 0.6) is 11.5 Å². The van der Waals surface area contributed by atoms with E-state index in [1.54, 1.807) is 26.3 Å². The summed E-state index contributed by atoms with van der Waals surface area (Å²) < 4.78 is 46.6. The highest BCUT2D eigenvalue weighted by atomic mass is 19.1. The molecule has 0 fully saturated rings. The lowest BCUT2D eigenvalue weighted by molar-refractivity contribution is 0.248. The number of aliphatic imine (C=N–C) groups is 1. The molecule has 0 bridgehead atoms. The second-order valence-corrected chi connectivity index (χ2v) is 8.34. The van der Waals surface area contributed by atoms with Gasteiger partial charge in [-0.05, 0) is 13.0 Å².